The Bertz CT molecular complexity index is 1180. The van der Waals surface area contributed by atoms with E-state index in [1.165, 1.54) is 11.3 Å². The Labute approximate surface area is 163 Å². The zero-order valence-electron chi connectivity index (χ0n) is 14.5. The van der Waals surface area contributed by atoms with Crippen molar-refractivity contribution < 1.29 is 9.90 Å². The first kappa shape index (κ1) is 17.5. The molecule has 2 aromatic heterocycles. The van der Waals surface area contributed by atoms with Crippen molar-refractivity contribution in [3.05, 3.63) is 58.2 Å². The Morgan fingerprint density at radius 1 is 1.22 bits per heavy atom. The van der Waals surface area contributed by atoms with Gasteiger partial charge in [0.15, 0.2) is 5.13 Å². The van der Waals surface area contributed by atoms with Gasteiger partial charge in [-0.3, -0.25) is 15.2 Å². The van der Waals surface area contributed by atoms with Crippen LogP contribution in [0.2, 0.25) is 5.02 Å². The molecule has 0 spiro atoms. The number of carbonyl (C=O) groups excluding carboxylic acids is 1. The van der Waals surface area contributed by atoms with Crippen LogP contribution < -0.4 is 5.32 Å². The molecule has 6 nitrogen and oxygen atoms in total. The van der Waals surface area contributed by atoms with Crippen LogP contribution in [0.1, 0.15) is 21.6 Å². The maximum absolute atomic E-state index is 12.5. The van der Waals surface area contributed by atoms with E-state index in [4.69, 9.17) is 11.6 Å². The monoisotopic (exact) mass is 398 g/mol. The maximum atomic E-state index is 12.5. The molecule has 1 amide bonds. The average Bonchev–Trinajstić information content (AvgIpc) is 3.24. The SMILES string of the molecule is Cc1cc(C)c(O)c(-c2cc(C(=O)Nc3nc4ccc(Cl)cc4s3)[nH]n2)c1. The lowest BCUT2D eigenvalue weighted by molar-refractivity contribution is 0.102. The molecule has 0 aliphatic heterocycles. The predicted molar refractivity (Wildman–Crippen MR) is 108 cm³/mol. The summed E-state index contributed by atoms with van der Waals surface area (Å²) in [6.07, 6.45) is 0. The number of carbonyl (C=O) groups is 1. The van der Waals surface area contributed by atoms with E-state index in [1.54, 1.807) is 24.3 Å². The predicted octanol–water partition coefficient (Wildman–Crippen LogP) is 4.91. The van der Waals surface area contributed by atoms with E-state index >= 15 is 0 Å². The van der Waals surface area contributed by atoms with Gasteiger partial charge in [-0.25, -0.2) is 4.98 Å². The molecule has 0 bridgehead atoms. The number of H-pyrrole nitrogens is 1. The van der Waals surface area contributed by atoms with Gasteiger partial charge in [-0.2, -0.15) is 5.10 Å². The van der Waals surface area contributed by atoms with Crippen LogP contribution in [0.5, 0.6) is 5.75 Å². The highest BCUT2D eigenvalue weighted by molar-refractivity contribution is 7.22. The van der Waals surface area contributed by atoms with E-state index in [2.05, 4.69) is 20.5 Å². The summed E-state index contributed by atoms with van der Waals surface area (Å²) >= 11 is 7.33. The number of thiazole rings is 1. The summed E-state index contributed by atoms with van der Waals surface area (Å²) in [7, 11) is 0. The summed E-state index contributed by atoms with van der Waals surface area (Å²) in [5.41, 5.74) is 3.89. The van der Waals surface area contributed by atoms with Crippen molar-refractivity contribution in [2.75, 3.05) is 5.32 Å². The van der Waals surface area contributed by atoms with E-state index < -0.39 is 0 Å². The number of fused-ring (bicyclic) bond motifs is 1. The summed E-state index contributed by atoms with van der Waals surface area (Å²) in [5, 5.41) is 21.0. The number of hydrogen-bond acceptors (Lipinski definition) is 5. The first-order chi connectivity index (χ1) is 12.9. The number of amides is 1. The molecular formula is C19H15ClN4O2S. The largest absolute Gasteiger partial charge is 0.507 e. The Balaban J connectivity index is 1.60. The smallest absolute Gasteiger partial charge is 0.275 e. The number of aromatic amines is 1. The number of aromatic hydroxyl groups is 1. The number of benzene rings is 2. The van der Waals surface area contributed by atoms with Crippen molar-refractivity contribution >= 4 is 44.2 Å². The first-order valence-electron chi connectivity index (χ1n) is 8.14. The molecule has 136 valence electrons. The number of rotatable bonds is 3. The van der Waals surface area contributed by atoms with Gasteiger partial charge >= 0.3 is 0 Å². The molecule has 2 heterocycles. The zero-order chi connectivity index (χ0) is 19.1. The number of halogens is 1. The van der Waals surface area contributed by atoms with Gasteiger partial charge in [0.1, 0.15) is 11.4 Å². The van der Waals surface area contributed by atoms with Crippen LogP contribution in [0.25, 0.3) is 21.5 Å². The molecular weight excluding hydrogens is 384 g/mol. The van der Waals surface area contributed by atoms with Crippen molar-refractivity contribution in [3.8, 4) is 17.0 Å². The fourth-order valence-electron chi connectivity index (χ4n) is 2.85. The molecule has 0 fully saturated rings. The second kappa shape index (κ2) is 6.68. The third-order valence-electron chi connectivity index (χ3n) is 4.11. The van der Waals surface area contributed by atoms with Crippen LogP contribution in [0.4, 0.5) is 5.13 Å². The minimum absolute atomic E-state index is 0.155. The summed E-state index contributed by atoms with van der Waals surface area (Å²) in [4.78, 5) is 16.9. The van der Waals surface area contributed by atoms with Gasteiger partial charge in [-0.05, 0) is 55.3 Å². The quantitative estimate of drug-likeness (QED) is 0.457. The highest BCUT2D eigenvalue weighted by Gasteiger charge is 2.16. The Morgan fingerprint density at radius 2 is 2.04 bits per heavy atom. The number of aryl methyl sites for hydroxylation is 2. The van der Waals surface area contributed by atoms with Gasteiger partial charge in [-0.15, -0.1) is 0 Å². The van der Waals surface area contributed by atoms with Crippen molar-refractivity contribution in [3.63, 3.8) is 0 Å². The van der Waals surface area contributed by atoms with Crippen molar-refractivity contribution in [1.29, 1.82) is 0 Å². The average molecular weight is 399 g/mol. The number of nitrogens with zero attached hydrogens (tertiary/aromatic N) is 2. The molecule has 0 radical (unpaired) electrons. The van der Waals surface area contributed by atoms with E-state index in [1.807, 2.05) is 26.0 Å². The molecule has 8 heteroatoms. The third-order valence-corrected chi connectivity index (χ3v) is 5.28. The maximum Gasteiger partial charge on any atom is 0.275 e. The number of anilines is 1. The molecule has 3 N–H and O–H groups in total. The third kappa shape index (κ3) is 3.39. The van der Waals surface area contributed by atoms with Crippen molar-refractivity contribution in [2.45, 2.75) is 13.8 Å². The van der Waals surface area contributed by atoms with Crippen molar-refractivity contribution in [2.24, 2.45) is 0 Å². The Morgan fingerprint density at radius 3 is 2.85 bits per heavy atom. The van der Waals surface area contributed by atoms with Crippen LogP contribution in [0.15, 0.2) is 36.4 Å². The standard InChI is InChI=1S/C19H15ClN4O2S/c1-9-5-10(2)17(25)12(6-9)14-8-15(24-23-14)18(26)22-19-21-13-4-3-11(20)7-16(13)27-19/h3-8,25H,1-2H3,(H,23,24)(H,21,22,26). The van der Waals surface area contributed by atoms with Crippen molar-refractivity contribution in [1.82, 2.24) is 15.2 Å². The number of nitrogens with one attached hydrogen (secondary N) is 2. The second-order valence-electron chi connectivity index (χ2n) is 6.23. The second-order valence-corrected chi connectivity index (χ2v) is 7.70. The molecule has 0 saturated carbocycles. The van der Waals surface area contributed by atoms with Gasteiger partial charge in [-0.1, -0.05) is 29.0 Å². The van der Waals surface area contributed by atoms with Gasteiger partial charge in [0.25, 0.3) is 5.91 Å². The molecule has 0 saturated heterocycles. The van der Waals surface area contributed by atoms with Gasteiger partial charge in [0.05, 0.1) is 15.9 Å². The molecule has 0 aliphatic carbocycles. The molecule has 0 atom stereocenters. The van der Waals surface area contributed by atoms with Crippen LogP contribution in [-0.4, -0.2) is 26.2 Å². The van der Waals surface area contributed by atoms with E-state index in [9.17, 15) is 9.90 Å². The summed E-state index contributed by atoms with van der Waals surface area (Å²) < 4.78 is 0.892. The molecule has 0 unspecified atom stereocenters. The normalized spacial score (nSPS) is 11.1. The minimum atomic E-state index is -0.359. The summed E-state index contributed by atoms with van der Waals surface area (Å²) in [5.74, 6) is -0.204. The lowest BCUT2D eigenvalue weighted by Gasteiger charge is -2.06. The molecule has 4 aromatic rings. The fourth-order valence-corrected chi connectivity index (χ4v) is 3.98. The van der Waals surface area contributed by atoms with Crippen LogP contribution >= 0.6 is 22.9 Å². The number of hydrogen-bond donors (Lipinski definition) is 3. The summed E-state index contributed by atoms with van der Waals surface area (Å²) in [6, 6.07) is 10.7. The lowest BCUT2D eigenvalue weighted by Crippen LogP contribution is -2.11. The van der Waals surface area contributed by atoms with Gasteiger partial charge < -0.3 is 5.11 Å². The molecule has 2 aromatic carbocycles. The molecule has 0 aliphatic rings. The van der Waals surface area contributed by atoms with E-state index in [0.717, 1.165) is 21.3 Å². The lowest BCUT2D eigenvalue weighted by atomic mass is 10.0. The molecule has 4 rings (SSSR count). The fraction of sp³-hybridized carbons (Fsp3) is 0.105. The zero-order valence-corrected chi connectivity index (χ0v) is 16.1. The Kier molecular flexibility index (Phi) is 4.33. The minimum Gasteiger partial charge on any atom is -0.507 e. The van der Waals surface area contributed by atoms with E-state index in [-0.39, 0.29) is 17.4 Å². The topological polar surface area (TPSA) is 90.9 Å². The Hall–Kier alpha value is -2.90. The van der Waals surface area contributed by atoms with Gasteiger partial charge in [0, 0.05) is 10.6 Å². The van der Waals surface area contributed by atoms with E-state index in [0.29, 0.717) is 21.4 Å². The first-order valence-corrected chi connectivity index (χ1v) is 9.33. The van der Waals surface area contributed by atoms with Gasteiger partial charge in [0.2, 0.25) is 0 Å². The summed E-state index contributed by atoms with van der Waals surface area (Å²) in [6.45, 7) is 3.76. The molecule has 27 heavy (non-hydrogen) atoms. The highest BCUT2D eigenvalue weighted by Crippen LogP contribution is 2.33. The number of phenols is 1. The van der Waals surface area contributed by atoms with Crippen LogP contribution in [0.3, 0.4) is 0 Å². The number of aromatic nitrogens is 3. The van der Waals surface area contributed by atoms with Crippen LogP contribution in [-0.2, 0) is 0 Å². The van der Waals surface area contributed by atoms with Crippen LogP contribution in [0, 0.1) is 13.8 Å². The number of phenolic OH excluding ortho intramolecular Hbond substituents is 1. The highest BCUT2D eigenvalue weighted by atomic mass is 35.5.